The number of fused-ring (bicyclic) bond motifs is 1. The lowest BCUT2D eigenvalue weighted by molar-refractivity contribution is 0.0532. The Morgan fingerprint density at radius 2 is 2.05 bits per heavy atom. The Morgan fingerprint density at radius 1 is 1.30 bits per heavy atom. The summed E-state index contributed by atoms with van der Waals surface area (Å²) in [4.78, 5) is 2.76. The summed E-state index contributed by atoms with van der Waals surface area (Å²) in [5, 5.41) is 0. The summed E-state index contributed by atoms with van der Waals surface area (Å²) in [6.45, 7) is 6.59. The van der Waals surface area contributed by atoms with Crippen LogP contribution in [-0.2, 0) is 12.0 Å². The zero-order valence-electron chi connectivity index (χ0n) is 12.9. The molecule has 0 radical (unpaired) electrons. The average molecular weight is 272 g/mol. The van der Waals surface area contributed by atoms with Crippen LogP contribution in [0.2, 0.25) is 0 Å². The van der Waals surface area contributed by atoms with Crippen molar-refractivity contribution in [1.82, 2.24) is 4.90 Å². The van der Waals surface area contributed by atoms with Gasteiger partial charge in [-0.3, -0.25) is 4.90 Å². The first-order chi connectivity index (χ1) is 9.67. The second-order valence-corrected chi connectivity index (χ2v) is 7.02. The highest BCUT2D eigenvalue weighted by Gasteiger charge is 2.46. The Kier molecular flexibility index (Phi) is 3.87. The first kappa shape index (κ1) is 14.1. The molecule has 1 fully saturated rings. The minimum atomic E-state index is 0.0975. The molecule has 1 atom stereocenters. The molecule has 0 aromatic heterocycles. The van der Waals surface area contributed by atoms with E-state index in [1.165, 1.54) is 49.8 Å². The van der Waals surface area contributed by atoms with Gasteiger partial charge < -0.3 is 5.73 Å². The van der Waals surface area contributed by atoms with Crippen LogP contribution in [0.25, 0.3) is 0 Å². The molecule has 1 saturated carbocycles. The van der Waals surface area contributed by atoms with Gasteiger partial charge in [0.2, 0.25) is 0 Å². The monoisotopic (exact) mass is 272 g/mol. The van der Waals surface area contributed by atoms with E-state index >= 15 is 0 Å². The summed E-state index contributed by atoms with van der Waals surface area (Å²) < 4.78 is 0. The number of rotatable bonds is 5. The summed E-state index contributed by atoms with van der Waals surface area (Å²) in [6, 6.07) is 9.77. The third-order valence-electron chi connectivity index (χ3n) is 4.99. The van der Waals surface area contributed by atoms with Crippen molar-refractivity contribution < 1.29 is 0 Å². The van der Waals surface area contributed by atoms with E-state index < -0.39 is 0 Å². The molecule has 2 aliphatic carbocycles. The van der Waals surface area contributed by atoms with Crippen LogP contribution in [0.3, 0.4) is 0 Å². The fourth-order valence-electron chi connectivity index (χ4n) is 3.98. The normalized spacial score (nSPS) is 26.1. The zero-order valence-corrected chi connectivity index (χ0v) is 12.9. The zero-order chi connectivity index (χ0) is 14.2. The molecule has 0 amide bonds. The summed E-state index contributed by atoms with van der Waals surface area (Å²) >= 11 is 0. The van der Waals surface area contributed by atoms with Crippen molar-refractivity contribution in [3.63, 3.8) is 0 Å². The molecule has 0 aliphatic heterocycles. The van der Waals surface area contributed by atoms with E-state index in [0.29, 0.717) is 5.92 Å². The molecule has 2 nitrogen and oxygen atoms in total. The molecule has 3 rings (SSSR count). The Morgan fingerprint density at radius 3 is 2.70 bits per heavy atom. The van der Waals surface area contributed by atoms with E-state index in [4.69, 9.17) is 5.73 Å². The van der Waals surface area contributed by atoms with Crippen molar-refractivity contribution in [3.05, 3.63) is 35.4 Å². The molecule has 0 heterocycles. The number of hydrogen-bond acceptors (Lipinski definition) is 2. The molecule has 2 heteroatoms. The number of hydrogen-bond donors (Lipinski definition) is 1. The summed E-state index contributed by atoms with van der Waals surface area (Å²) in [6.07, 6.45) is 6.44. The average Bonchev–Trinajstić information content (AvgIpc) is 3.28. The smallest absolute Gasteiger partial charge is 0.0589 e. The van der Waals surface area contributed by atoms with Crippen LogP contribution < -0.4 is 5.73 Å². The number of nitrogens with two attached hydrogens (primary N) is 1. The van der Waals surface area contributed by atoms with Crippen molar-refractivity contribution in [2.24, 2.45) is 11.7 Å². The van der Waals surface area contributed by atoms with Gasteiger partial charge in [-0.05, 0) is 49.1 Å². The second-order valence-electron chi connectivity index (χ2n) is 7.02. The Labute approximate surface area is 123 Å². The van der Waals surface area contributed by atoms with Gasteiger partial charge in [0.25, 0.3) is 0 Å². The van der Waals surface area contributed by atoms with Crippen molar-refractivity contribution >= 4 is 0 Å². The van der Waals surface area contributed by atoms with Crippen LogP contribution in [0, 0.1) is 5.92 Å². The van der Waals surface area contributed by atoms with Gasteiger partial charge in [-0.2, -0.15) is 0 Å². The van der Waals surface area contributed by atoms with E-state index in [1.807, 2.05) is 0 Å². The van der Waals surface area contributed by atoms with E-state index in [-0.39, 0.29) is 5.54 Å². The van der Waals surface area contributed by atoms with Gasteiger partial charge in [0.05, 0.1) is 5.54 Å². The summed E-state index contributed by atoms with van der Waals surface area (Å²) in [5.41, 5.74) is 9.49. The molecule has 110 valence electrons. The Hall–Kier alpha value is -0.860. The van der Waals surface area contributed by atoms with Gasteiger partial charge in [0, 0.05) is 19.1 Å². The van der Waals surface area contributed by atoms with Crippen molar-refractivity contribution in [2.45, 2.75) is 57.5 Å². The molecule has 1 aromatic carbocycles. The maximum Gasteiger partial charge on any atom is 0.0589 e. The lowest BCUT2D eigenvalue weighted by Crippen LogP contribution is -2.55. The molecule has 0 spiro atoms. The van der Waals surface area contributed by atoms with E-state index in [0.717, 1.165) is 12.6 Å². The van der Waals surface area contributed by atoms with Gasteiger partial charge in [0.15, 0.2) is 0 Å². The lowest BCUT2D eigenvalue weighted by Gasteiger charge is -2.48. The van der Waals surface area contributed by atoms with E-state index in [2.05, 4.69) is 43.0 Å². The Bertz CT molecular complexity index is 464. The molecular formula is C18H28N2. The fourth-order valence-corrected chi connectivity index (χ4v) is 3.98. The summed E-state index contributed by atoms with van der Waals surface area (Å²) in [7, 11) is 0. The number of aryl methyl sites for hydroxylation is 1. The first-order valence-electron chi connectivity index (χ1n) is 8.22. The highest BCUT2D eigenvalue weighted by Crippen LogP contribution is 2.45. The van der Waals surface area contributed by atoms with Gasteiger partial charge in [-0.25, -0.2) is 0 Å². The molecule has 1 unspecified atom stereocenters. The van der Waals surface area contributed by atoms with E-state index in [1.54, 1.807) is 0 Å². The minimum absolute atomic E-state index is 0.0975. The SMILES string of the molecule is CC(C)CN(C1CC1)C1(CN)CCCc2ccccc21. The maximum atomic E-state index is 6.35. The van der Waals surface area contributed by atoms with Crippen LogP contribution >= 0.6 is 0 Å². The predicted octanol–water partition coefficient (Wildman–Crippen LogP) is 3.30. The van der Waals surface area contributed by atoms with Crippen LogP contribution in [0.5, 0.6) is 0 Å². The lowest BCUT2D eigenvalue weighted by atomic mass is 9.74. The van der Waals surface area contributed by atoms with Crippen LogP contribution in [0.4, 0.5) is 0 Å². The molecule has 1 aromatic rings. The topological polar surface area (TPSA) is 29.3 Å². The van der Waals surface area contributed by atoms with Crippen LogP contribution in [0.15, 0.2) is 24.3 Å². The standard InChI is InChI=1S/C18H28N2/c1-14(2)12-20(16-9-10-16)18(13-19)11-5-7-15-6-3-4-8-17(15)18/h3-4,6,8,14,16H,5,7,9-13,19H2,1-2H3. The second kappa shape index (κ2) is 5.50. The Balaban J connectivity index is 2.02. The molecule has 0 bridgehead atoms. The molecule has 20 heavy (non-hydrogen) atoms. The van der Waals surface area contributed by atoms with Gasteiger partial charge in [-0.15, -0.1) is 0 Å². The first-order valence-corrected chi connectivity index (χ1v) is 8.22. The molecule has 0 saturated heterocycles. The molecule has 2 aliphatic rings. The van der Waals surface area contributed by atoms with Gasteiger partial charge in [-0.1, -0.05) is 38.1 Å². The van der Waals surface area contributed by atoms with Crippen molar-refractivity contribution in [1.29, 1.82) is 0 Å². The highest BCUT2D eigenvalue weighted by atomic mass is 15.3. The molecule has 2 N–H and O–H groups in total. The largest absolute Gasteiger partial charge is 0.328 e. The van der Waals surface area contributed by atoms with Crippen molar-refractivity contribution in [2.75, 3.05) is 13.1 Å². The minimum Gasteiger partial charge on any atom is -0.328 e. The third kappa shape index (κ3) is 2.40. The maximum absolute atomic E-state index is 6.35. The van der Waals surface area contributed by atoms with Gasteiger partial charge in [0.1, 0.15) is 0 Å². The number of benzene rings is 1. The fraction of sp³-hybridized carbons (Fsp3) is 0.667. The molecular weight excluding hydrogens is 244 g/mol. The highest BCUT2D eigenvalue weighted by molar-refractivity contribution is 5.37. The van der Waals surface area contributed by atoms with Gasteiger partial charge >= 0.3 is 0 Å². The van der Waals surface area contributed by atoms with Crippen molar-refractivity contribution in [3.8, 4) is 0 Å². The third-order valence-corrected chi connectivity index (χ3v) is 4.99. The van der Waals surface area contributed by atoms with Crippen LogP contribution in [-0.4, -0.2) is 24.0 Å². The predicted molar refractivity (Wildman–Crippen MR) is 84.7 cm³/mol. The van der Waals surface area contributed by atoms with Crippen LogP contribution in [0.1, 0.15) is 50.7 Å². The number of nitrogens with zero attached hydrogens (tertiary/aromatic N) is 1. The van der Waals surface area contributed by atoms with E-state index in [9.17, 15) is 0 Å². The quantitative estimate of drug-likeness (QED) is 0.891. The summed E-state index contributed by atoms with van der Waals surface area (Å²) in [5.74, 6) is 0.702.